The molecule has 6 heteroatoms. The monoisotopic (exact) mass is 176 g/mol. The molecule has 0 unspecified atom stereocenters. The molecule has 6 nitrogen and oxygen atoms in total. The van der Waals surface area contributed by atoms with Crippen molar-refractivity contribution in [2.75, 3.05) is 11.5 Å². The van der Waals surface area contributed by atoms with E-state index < -0.39 is 0 Å². The van der Waals surface area contributed by atoms with Crippen LogP contribution in [0, 0.1) is 0 Å². The molecular formula is C7H8N6. The van der Waals surface area contributed by atoms with E-state index in [1.54, 1.807) is 18.5 Å². The minimum absolute atomic E-state index is 0.206. The quantitative estimate of drug-likeness (QED) is 0.568. The molecule has 2 aromatic rings. The number of H-pyrrole nitrogens is 1. The first kappa shape index (κ1) is 7.53. The molecule has 0 saturated heterocycles. The standard InChI is InChI=1S/C7H8N6/c8-5-1-4(2-10-3-5)6-11-7(9)13-12-6/h1-3H,8H2,(H3,9,11,12,13). The van der Waals surface area contributed by atoms with Gasteiger partial charge in [-0.2, -0.15) is 4.98 Å². The van der Waals surface area contributed by atoms with E-state index in [1.165, 1.54) is 0 Å². The molecule has 5 N–H and O–H groups in total. The molecule has 0 radical (unpaired) electrons. The molecular weight excluding hydrogens is 168 g/mol. The highest BCUT2D eigenvalue weighted by molar-refractivity contribution is 5.59. The highest BCUT2D eigenvalue weighted by Gasteiger charge is 2.02. The van der Waals surface area contributed by atoms with Gasteiger partial charge in [0.1, 0.15) is 0 Å². The van der Waals surface area contributed by atoms with E-state index in [-0.39, 0.29) is 5.95 Å². The molecule has 0 aromatic carbocycles. The summed E-state index contributed by atoms with van der Waals surface area (Å²) in [5.41, 5.74) is 12.2. The number of pyridine rings is 1. The van der Waals surface area contributed by atoms with Crippen molar-refractivity contribution < 1.29 is 0 Å². The summed E-state index contributed by atoms with van der Waals surface area (Å²) in [6.07, 6.45) is 3.19. The zero-order valence-corrected chi connectivity index (χ0v) is 6.73. The van der Waals surface area contributed by atoms with Crippen LogP contribution in [0.5, 0.6) is 0 Å². The summed E-state index contributed by atoms with van der Waals surface area (Å²) in [5, 5.41) is 6.36. The van der Waals surface area contributed by atoms with E-state index in [0.717, 1.165) is 5.56 Å². The SMILES string of the molecule is Nc1cncc(-c2nc(N)n[nH]2)c1. The molecule has 0 bridgehead atoms. The third kappa shape index (κ3) is 1.41. The van der Waals surface area contributed by atoms with Gasteiger partial charge in [-0.1, -0.05) is 0 Å². The van der Waals surface area contributed by atoms with Crippen LogP contribution in [0.2, 0.25) is 0 Å². The molecule has 0 aliphatic carbocycles. The number of aromatic nitrogens is 4. The molecule has 13 heavy (non-hydrogen) atoms. The van der Waals surface area contributed by atoms with Gasteiger partial charge in [-0.15, -0.1) is 5.10 Å². The van der Waals surface area contributed by atoms with Crippen LogP contribution in [0.1, 0.15) is 0 Å². The number of hydrogen-bond donors (Lipinski definition) is 3. The Balaban J connectivity index is 2.46. The minimum Gasteiger partial charge on any atom is -0.397 e. The zero-order valence-electron chi connectivity index (χ0n) is 6.73. The average Bonchev–Trinajstić information content (AvgIpc) is 2.52. The fourth-order valence-electron chi connectivity index (χ4n) is 0.991. The molecule has 2 aromatic heterocycles. The molecule has 66 valence electrons. The van der Waals surface area contributed by atoms with Crippen molar-refractivity contribution in [3.8, 4) is 11.4 Å². The van der Waals surface area contributed by atoms with Crippen molar-refractivity contribution >= 4 is 11.6 Å². The third-order valence-corrected chi connectivity index (χ3v) is 1.54. The van der Waals surface area contributed by atoms with Gasteiger partial charge in [0.2, 0.25) is 5.95 Å². The number of anilines is 2. The van der Waals surface area contributed by atoms with Crippen LogP contribution >= 0.6 is 0 Å². The smallest absolute Gasteiger partial charge is 0.239 e. The fourth-order valence-corrected chi connectivity index (χ4v) is 0.991. The Bertz CT molecular complexity index is 420. The number of nitrogens with zero attached hydrogens (tertiary/aromatic N) is 3. The Kier molecular flexibility index (Phi) is 1.59. The molecule has 2 rings (SSSR count). The van der Waals surface area contributed by atoms with Gasteiger partial charge < -0.3 is 11.5 Å². The summed E-state index contributed by atoms with van der Waals surface area (Å²) in [4.78, 5) is 7.85. The molecule has 0 aliphatic rings. The Hall–Kier alpha value is -2.11. The summed E-state index contributed by atoms with van der Waals surface area (Å²) in [5.74, 6) is 0.773. The van der Waals surface area contributed by atoms with Crippen LogP contribution in [0.25, 0.3) is 11.4 Å². The van der Waals surface area contributed by atoms with Crippen LogP contribution in [-0.2, 0) is 0 Å². The second kappa shape index (κ2) is 2.74. The third-order valence-electron chi connectivity index (χ3n) is 1.54. The van der Waals surface area contributed by atoms with Crippen molar-refractivity contribution in [2.24, 2.45) is 0 Å². The highest BCUT2D eigenvalue weighted by Crippen LogP contribution is 2.15. The average molecular weight is 176 g/mol. The van der Waals surface area contributed by atoms with Crippen molar-refractivity contribution in [2.45, 2.75) is 0 Å². The summed E-state index contributed by atoms with van der Waals surface area (Å²) in [6, 6.07) is 1.74. The van der Waals surface area contributed by atoms with E-state index in [0.29, 0.717) is 11.5 Å². The zero-order chi connectivity index (χ0) is 9.26. The van der Waals surface area contributed by atoms with Gasteiger partial charge in [0.15, 0.2) is 5.82 Å². The van der Waals surface area contributed by atoms with Gasteiger partial charge in [-0.05, 0) is 6.07 Å². The minimum atomic E-state index is 0.206. The first-order valence-electron chi connectivity index (χ1n) is 3.64. The lowest BCUT2D eigenvalue weighted by Crippen LogP contribution is -1.89. The van der Waals surface area contributed by atoms with Crippen LogP contribution in [0.3, 0.4) is 0 Å². The highest BCUT2D eigenvalue weighted by atomic mass is 15.3. The lowest BCUT2D eigenvalue weighted by Gasteiger charge is -1.95. The normalized spacial score (nSPS) is 10.2. The maximum absolute atomic E-state index is 5.55. The van der Waals surface area contributed by atoms with E-state index >= 15 is 0 Å². The van der Waals surface area contributed by atoms with Crippen LogP contribution in [-0.4, -0.2) is 20.2 Å². The van der Waals surface area contributed by atoms with Gasteiger partial charge in [0.05, 0.1) is 5.69 Å². The molecule has 0 spiro atoms. The van der Waals surface area contributed by atoms with E-state index in [9.17, 15) is 0 Å². The van der Waals surface area contributed by atoms with Crippen LogP contribution < -0.4 is 11.5 Å². The Morgan fingerprint density at radius 3 is 2.69 bits per heavy atom. The fraction of sp³-hybridized carbons (Fsp3) is 0. The molecule has 0 atom stereocenters. The maximum atomic E-state index is 5.55. The number of rotatable bonds is 1. The van der Waals surface area contributed by atoms with Crippen molar-refractivity contribution in [3.05, 3.63) is 18.5 Å². The van der Waals surface area contributed by atoms with Crippen molar-refractivity contribution in [3.63, 3.8) is 0 Å². The second-order valence-electron chi connectivity index (χ2n) is 2.55. The van der Waals surface area contributed by atoms with Gasteiger partial charge in [0, 0.05) is 18.0 Å². The number of nitrogens with two attached hydrogens (primary N) is 2. The lowest BCUT2D eigenvalue weighted by molar-refractivity contribution is 1.10. The van der Waals surface area contributed by atoms with Crippen LogP contribution in [0.4, 0.5) is 11.6 Å². The molecule has 0 fully saturated rings. The number of nitrogens with one attached hydrogen (secondary N) is 1. The maximum Gasteiger partial charge on any atom is 0.239 e. The van der Waals surface area contributed by atoms with Crippen molar-refractivity contribution in [1.29, 1.82) is 0 Å². The molecule has 2 heterocycles. The first-order chi connectivity index (χ1) is 6.25. The van der Waals surface area contributed by atoms with Gasteiger partial charge in [0.25, 0.3) is 0 Å². The molecule has 0 saturated carbocycles. The predicted octanol–water partition coefficient (Wildman–Crippen LogP) is 0.0311. The Morgan fingerprint density at radius 2 is 2.08 bits per heavy atom. The topological polar surface area (TPSA) is 106 Å². The first-order valence-corrected chi connectivity index (χ1v) is 3.64. The van der Waals surface area contributed by atoms with E-state index in [4.69, 9.17) is 11.5 Å². The van der Waals surface area contributed by atoms with E-state index in [2.05, 4.69) is 20.2 Å². The van der Waals surface area contributed by atoms with Gasteiger partial charge in [-0.3, -0.25) is 10.1 Å². The van der Waals surface area contributed by atoms with Crippen LogP contribution in [0.15, 0.2) is 18.5 Å². The molecule has 0 amide bonds. The van der Waals surface area contributed by atoms with Gasteiger partial charge in [-0.25, -0.2) is 0 Å². The number of hydrogen-bond acceptors (Lipinski definition) is 5. The summed E-state index contributed by atoms with van der Waals surface area (Å²) >= 11 is 0. The van der Waals surface area contributed by atoms with Crippen molar-refractivity contribution in [1.82, 2.24) is 20.2 Å². The number of aromatic amines is 1. The molecule has 0 aliphatic heterocycles. The number of nitrogen functional groups attached to an aromatic ring is 2. The Morgan fingerprint density at radius 1 is 1.23 bits per heavy atom. The predicted molar refractivity (Wildman–Crippen MR) is 48.4 cm³/mol. The second-order valence-corrected chi connectivity index (χ2v) is 2.55. The summed E-state index contributed by atoms with van der Waals surface area (Å²) in [6.45, 7) is 0. The van der Waals surface area contributed by atoms with Gasteiger partial charge >= 0.3 is 0 Å². The van der Waals surface area contributed by atoms with E-state index in [1.807, 2.05) is 0 Å². The Labute approximate surface area is 74.0 Å². The summed E-state index contributed by atoms with van der Waals surface area (Å²) < 4.78 is 0. The summed E-state index contributed by atoms with van der Waals surface area (Å²) in [7, 11) is 0. The largest absolute Gasteiger partial charge is 0.397 e. The lowest BCUT2D eigenvalue weighted by atomic mass is 10.2.